The molecule has 1 heteroatoms. The smallest absolute Gasteiger partial charge is 0.143 e. The fourth-order valence-corrected chi connectivity index (χ4v) is 3.10. The van der Waals surface area contributed by atoms with Gasteiger partial charge in [0.05, 0.1) is 0 Å². The second kappa shape index (κ2) is 8.86. The van der Waals surface area contributed by atoms with Gasteiger partial charge in [-0.15, -0.1) is 0 Å². The van der Waals surface area contributed by atoms with Crippen molar-refractivity contribution >= 4 is 6.29 Å². The van der Waals surface area contributed by atoms with Crippen molar-refractivity contribution in [3.63, 3.8) is 0 Å². The largest absolute Gasteiger partial charge is 0.299 e. The predicted octanol–water partition coefficient (Wildman–Crippen LogP) is 6.21. The molecule has 1 unspecified atom stereocenters. The number of carbonyl (C=O) groups excluding carboxylic acids is 1. The molecule has 0 N–H and O–H groups in total. The number of aldehydes is 1. The molecule has 0 spiro atoms. The molecule has 23 heavy (non-hydrogen) atoms. The van der Waals surface area contributed by atoms with E-state index in [9.17, 15) is 4.79 Å². The van der Waals surface area contributed by atoms with Gasteiger partial charge >= 0.3 is 0 Å². The molecule has 0 heterocycles. The summed E-state index contributed by atoms with van der Waals surface area (Å²) in [6.45, 7) is 13.3. The lowest BCUT2D eigenvalue weighted by molar-refractivity contribution is -0.104. The summed E-state index contributed by atoms with van der Waals surface area (Å²) >= 11 is 0. The summed E-state index contributed by atoms with van der Waals surface area (Å²) in [5.74, 6) is 0.987. The molecule has 0 saturated heterocycles. The van der Waals surface area contributed by atoms with E-state index in [1.54, 1.807) is 6.08 Å². The van der Waals surface area contributed by atoms with Gasteiger partial charge in [0.25, 0.3) is 0 Å². The molecule has 0 aromatic carbocycles. The van der Waals surface area contributed by atoms with Crippen molar-refractivity contribution < 1.29 is 4.79 Å². The van der Waals surface area contributed by atoms with Crippen molar-refractivity contribution in [2.24, 2.45) is 17.3 Å². The SMILES string of the molecule is CC1=CCCC(C)(C)C1/C=C/C(=C/C=C/C(C)=C/C=O)C(C)C. The molecule has 0 fully saturated rings. The van der Waals surface area contributed by atoms with Crippen LogP contribution in [0.15, 0.2) is 59.3 Å². The van der Waals surface area contributed by atoms with Gasteiger partial charge in [-0.1, -0.05) is 69.7 Å². The van der Waals surface area contributed by atoms with Crippen LogP contribution in [0, 0.1) is 17.3 Å². The lowest BCUT2D eigenvalue weighted by Crippen LogP contribution is -2.26. The van der Waals surface area contributed by atoms with Crippen LogP contribution < -0.4 is 0 Å². The number of rotatable bonds is 6. The van der Waals surface area contributed by atoms with E-state index < -0.39 is 0 Å². The third-order valence-corrected chi connectivity index (χ3v) is 4.71. The number of hydrogen-bond donors (Lipinski definition) is 0. The highest BCUT2D eigenvalue weighted by Gasteiger charge is 2.30. The Bertz CT molecular complexity index is 551. The zero-order valence-corrected chi connectivity index (χ0v) is 15.6. The summed E-state index contributed by atoms with van der Waals surface area (Å²) in [4.78, 5) is 10.4. The van der Waals surface area contributed by atoms with Gasteiger partial charge < -0.3 is 0 Å². The first-order valence-corrected chi connectivity index (χ1v) is 8.63. The topological polar surface area (TPSA) is 17.1 Å². The first-order chi connectivity index (χ1) is 10.8. The van der Waals surface area contributed by atoms with Gasteiger partial charge in [0.15, 0.2) is 0 Å². The van der Waals surface area contributed by atoms with Crippen molar-refractivity contribution in [2.75, 3.05) is 0 Å². The average Bonchev–Trinajstić information content (AvgIpc) is 2.44. The van der Waals surface area contributed by atoms with E-state index in [0.717, 1.165) is 11.9 Å². The van der Waals surface area contributed by atoms with Gasteiger partial charge in [-0.05, 0) is 55.2 Å². The monoisotopic (exact) mass is 312 g/mol. The molecule has 126 valence electrons. The predicted molar refractivity (Wildman–Crippen MR) is 101 cm³/mol. The zero-order valence-electron chi connectivity index (χ0n) is 15.6. The van der Waals surface area contributed by atoms with Crippen LogP contribution in [0.2, 0.25) is 0 Å². The van der Waals surface area contributed by atoms with Crippen LogP contribution in [-0.4, -0.2) is 6.29 Å². The minimum atomic E-state index is 0.330. The van der Waals surface area contributed by atoms with Gasteiger partial charge in [-0.3, -0.25) is 4.79 Å². The molecule has 0 saturated carbocycles. The van der Waals surface area contributed by atoms with Crippen LogP contribution >= 0.6 is 0 Å². The third-order valence-electron chi connectivity index (χ3n) is 4.71. The van der Waals surface area contributed by atoms with Crippen molar-refractivity contribution in [1.82, 2.24) is 0 Å². The Labute approximate surface area is 142 Å². The van der Waals surface area contributed by atoms with Crippen molar-refractivity contribution in [3.8, 4) is 0 Å². The standard InChI is InChI=1S/C22H32O/c1-17(2)20(11-7-9-18(3)14-16-23)12-13-21-19(4)10-8-15-22(21,5)6/h7,9-14,16-17,21H,8,15H2,1-6H3/b9-7+,13-12+,18-14+,20-11-. The highest BCUT2D eigenvalue weighted by atomic mass is 16.1. The number of hydrogen-bond acceptors (Lipinski definition) is 1. The fraction of sp³-hybridized carbons (Fsp3) is 0.500. The summed E-state index contributed by atoms with van der Waals surface area (Å²) < 4.78 is 0. The fourth-order valence-electron chi connectivity index (χ4n) is 3.10. The number of carbonyl (C=O) groups is 1. The van der Waals surface area contributed by atoms with Crippen LogP contribution in [0.3, 0.4) is 0 Å². The van der Waals surface area contributed by atoms with E-state index >= 15 is 0 Å². The van der Waals surface area contributed by atoms with E-state index in [2.05, 4.69) is 58.9 Å². The quantitative estimate of drug-likeness (QED) is 0.247. The van der Waals surface area contributed by atoms with Crippen LogP contribution in [0.4, 0.5) is 0 Å². The molecule has 1 atom stereocenters. The van der Waals surface area contributed by atoms with Gasteiger partial charge in [0, 0.05) is 5.92 Å². The lowest BCUT2D eigenvalue weighted by Gasteiger charge is -2.36. The first-order valence-electron chi connectivity index (χ1n) is 8.63. The molecule has 1 nitrogen and oxygen atoms in total. The average molecular weight is 312 g/mol. The van der Waals surface area contributed by atoms with E-state index in [4.69, 9.17) is 0 Å². The Hall–Kier alpha value is -1.63. The van der Waals surface area contributed by atoms with Gasteiger partial charge in [0.2, 0.25) is 0 Å². The molecule has 0 aliphatic heterocycles. The molecule has 0 radical (unpaired) electrons. The summed E-state index contributed by atoms with van der Waals surface area (Å²) in [5, 5.41) is 0. The van der Waals surface area contributed by atoms with E-state index in [-0.39, 0.29) is 0 Å². The van der Waals surface area contributed by atoms with Gasteiger partial charge in [-0.25, -0.2) is 0 Å². The Balaban J connectivity index is 2.95. The molecule has 0 amide bonds. The van der Waals surface area contributed by atoms with Crippen LogP contribution in [-0.2, 0) is 4.79 Å². The summed E-state index contributed by atoms with van der Waals surface area (Å²) in [6.07, 6.45) is 18.0. The summed E-state index contributed by atoms with van der Waals surface area (Å²) in [6, 6.07) is 0. The van der Waals surface area contributed by atoms with Crippen molar-refractivity contribution in [3.05, 3.63) is 59.3 Å². The maximum Gasteiger partial charge on any atom is 0.143 e. The summed E-state index contributed by atoms with van der Waals surface area (Å²) in [7, 11) is 0. The molecule has 0 bridgehead atoms. The van der Waals surface area contributed by atoms with Crippen LogP contribution in [0.5, 0.6) is 0 Å². The molecular formula is C22H32O. The second-order valence-electron chi connectivity index (χ2n) is 7.54. The Kier molecular flexibility index (Phi) is 7.48. The van der Waals surface area contributed by atoms with Crippen LogP contribution in [0.25, 0.3) is 0 Å². The highest BCUT2D eigenvalue weighted by Crippen LogP contribution is 2.41. The maximum atomic E-state index is 10.4. The van der Waals surface area contributed by atoms with Gasteiger partial charge in [0.1, 0.15) is 6.29 Å². The Morgan fingerprint density at radius 2 is 1.96 bits per heavy atom. The third kappa shape index (κ3) is 6.17. The molecule has 1 aliphatic carbocycles. The van der Waals surface area contributed by atoms with Crippen molar-refractivity contribution in [1.29, 1.82) is 0 Å². The molecular weight excluding hydrogens is 280 g/mol. The van der Waals surface area contributed by atoms with E-state index in [1.807, 2.05) is 19.1 Å². The minimum absolute atomic E-state index is 0.330. The Morgan fingerprint density at radius 1 is 1.26 bits per heavy atom. The second-order valence-corrected chi connectivity index (χ2v) is 7.54. The molecule has 1 aliphatic rings. The molecule has 0 aromatic heterocycles. The van der Waals surface area contributed by atoms with E-state index in [0.29, 0.717) is 17.3 Å². The minimum Gasteiger partial charge on any atom is -0.299 e. The molecule has 1 rings (SSSR count). The first kappa shape index (κ1) is 19.4. The van der Waals surface area contributed by atoms with Crippen LogP contribution in [0.1, 0.15) is 54.4 Å². The van der Waals surface area contributed by atoms with Crippen molar-refractivity contribution in [2.45, 2.75) is 54.4 Å². The maximum absolute atomic E-state index is 10.4. The summed E-state index contributed by atoms with van der Waals surface area (Å²) in [5.41, 5.74) is 4.10. The highest BCUT2D eigenvalue weighted by molar-refractivity contribution is 5.66. The normalized spacial score (nSPS) is 22.9. The molecule has 0 aromatic rings. The van der Waals surface area contributed by atoms with Gasteiger partial charge in [-0.2, -0.15) is 0 Å². The lowest BCUT2D eigenvalue weighted by atomic mass is 9.68. The Morgan fingerprint density at radius 3 is 2.52 bits per heavy atom. The number of allylic oxidation sites excluding steroid dienone is 10. The zero-order chi connectivity index (χ0) is 17.5. The van der Waals surface area contributed by atoms with E-state index in [1.165, 1.54) is 24.0 Å².